The first-order chi connectivity index (χ1) is 9.49. The summed E-state index contributed by atoms with van der Waals surface area (Å²) >= 11 is 5.92. The molecule has 1 aromatic rings. The van der Waals surface area contributed by atoms with Crippen LogP contribution in [0.4, 0.5) is 0 Å². The number of hydrogen-bond donors (Lipinski definition) is 2. The van der Waals surface area contributed by atoms with Crippen LogP contribution in [0.25, 0.3) is 0 Å². The van der Waals surface area contributed by atoms with Gasteiger partial charge in [-0.05, 0) is 31.5 Å². The average molecular weight is 286 g/mol. The van der Waals surface area contributed by atoms with Crippen molar-refractivity contribution in [1.29, 1.82) is 10.5 Å². The van der Waals surface area contributed by atoms with Crippen molar-refractivity contribution in [2.24, 2.45) is 0 Å². The summed E-state index contributed by atoms with van der Waals surface area (Å²) in [5.74, 6) is -0.480. The molecule has 4 nitrogen and oxygen atoms in total. The van der Waals surface area contributed by atoms with Crippen LogP contribution in [0.3, 0.4) is 0 Å². The first-order valence-corrected chi connectivity index (χ1v) is 6.34. The monoisotopic (exact) mass is 285 g/mol. The van der Waals surface area contributed by atoms with Crippen molar-refractivity contribution in [3.8, 4) is 17.9 Å². The first-order valence-electron chi connectivity index (χ1n) is 5.96. The SMILES string of the molecule is CC1=C(C#N)C(c2ccc(O)c(Cl)c2)C(C#N)=C(C)N1. The highest BCUT2D eigenvalue weighted by atomic mass is 35.5. The van der Waals surface area contributed by atoms with E-state index in [1.165, 1.54) is 6.07 Å². The van der Waals surface area contributed by atoms with Gasteiger partial charge in [-0.2, -0.15) is 10.5 Å². The van der Waals surface area contributed by atoms with Crippen molar-refractivity contribution in [1.82, 2.24) is 5.32 Å². The van der Waals surface area contributed by atoms with Crippen molar-refractivity contribution >= 4 is 11.6 Å². The zero-order valence-corrected chi connectivity index (χ0v) is 11.8. The van der Waals surface area contributed by atoms with Gasteiger partial charge in [-0.25, -0.2) is 0 Å². The number of nitrogens with one attached hydrogen (secondary N) is 1. The summed E-state index contributed by atoms with van der Waals surface area (Å²) in [7, 11) is 0. The maximum Gasteiger partial charge on any atom is 0.134 e. The van der Waals surface area contributed by atoms with Gasteiger partial charge in [0.05, 0.1) is 34.2 Å². The second-order valence-electron chi connectivity index (χ2n) is 4.57. The zero-order chi connectivity index (χ0) is 14.9. The van der Waals surface area contributed by atoms with Gasteiger partial charge in [0.25, 0.3) is 0 Å². The van der Waals surface area contributed by atoms with Crippen LogP contribution < -0.4 is 5.32 Å². The van der Waals surface area contributed by atoms with Crippen molar-refractivity contribution in [3.05, 3.63) is 51.3 Å². The van der Waals surface area contributed by atoms with Gasteiger partial charge in [0.1, 0.15) is 5.75 Å². The number of halogens is 1. The van der Waals surface area contributed by atoms with Crippen molar-refractivity contribution in [3.63, 3.8) is 0 Å². The van der Waals surface area contributed by atoms with Gasteiger partial charge in [-0.3, -0.25) is 0 Å². The zero-order valence-electron chi connectivity index (χ0n) is 11.0. The Morgan fingerprint density at radius 2 is 1.70 bits per heavy atom. The maximum absolute atomic E-state index is 9.49. The highest BCUT2D eigenvalue weighted by Gasteiger charge is 2.29. The lowest BCUT2D eigenvalue weighted by molar-refractivity contribution is 0.475. The molecule has 2 N–H and O–H groups in total. The molecule has 1 aliphatic rings. The molecule has 0 saturated heterocycles. The van der Waals surface area contributed by atoms with Crippen molar-refractivity contribution in [2.75, 3.05) is 0 Å². The summed E-state index contributed by atoms with van der Waals surface area (Å²) in [5, 5.41) is 31.4. The van der Waals surface area contributed by atoms with Crippen molar-refractivity contribution in [2.45, 2.75) is 19.8 Å². The molecular formula is C15H12ClN3O. The Hall–Kier alpha value is -2.43. The molecule has 2 rings (SSSR count). The Bertz CT molecular complexity index is 684. The fourth-order valence-electron chi connectivity index (χ4n) is 2.33. The lowest BCUT2D eigenvalue weighted by Crippen LogP contribution is -2.23. The fourth-order valence-corrected chi connectivity index (χ4v) is 2.52. The first kappa shape index (κ1) is 14.0. The molecule has 1 aromatic carbocycles. The van der Waals surface area contributed by atoms with Gasteiger partial charge >= 0.3 is 0 Å². The molecule has 0 aliphatic carbocycles. The molecular weight excluding hydrogens is 274 g/mol. The molecule has 0 fully saturated rings. The third kappa shape index (κ3) is 2.22. The Kier molecular flexibility index (Phi) is 3.70. The topological polar surface area (TPSA) is 79.8 Å². The number of dihydropyridines is 1. The molecule has 5 heteroatoms. The lowest BCUT2D eigenvalue weighted by Gasteiger charge is -2.26. The minimum Gasteiger partial charge on any atom is -0.506 e. The smallest absolute Gasteiger partial charge is 0.134 e. The molecule has 0 saturated carbocycles. The van der Waals surface area contributed by atoms with Crippen LogP contribution in [-0.4, -0.2) is 5.11 Å². The highest BCUT2D eigenvalue weighted by Crippen LogP contribution is 2.39. The minimum absolute atomic E-state index is 0.0252. The molecule has 0 unspecified atom stereocenters. The number of aromatic hydroxyl groups is 1. The molecule has 1 heterocycles. The largest absolute Gasteiger partial charge is 0.506 e. The third-order valence-corrected chi connectivity index (χ3v) is 3.61. The number of phenols is 1. The van der Waals surface area contributed by atoms with Crippen LogP contribution in [0.15, 0.2) is 40.7 Å². The van der Waals surface area contributed by atoms with E-state index in [9.17, 15) is 15.6 Å². The minimum atomic E-state index is -0.454. The molecule has 1 aliphatic heterocycles. The predicted molar refractivity (Wildman–Crippen MR) is 75.6 cm³/mol. The molecule has 0 aromatic heterocycles. The van der Waals surface area contributed by atoms with Crippen LogP contribution in [-0.2, 0) is 0 Å². The molecule has 0 atom stereocenters. The number of benzene rings is 1. The maximum atomic E-state index is 9.49. The Morgan fingerprint density at radius 3 is 2.15 bits per heavy atom. The second-order valence-corrected chi connectivity index (χ2v) is 4.98. The fraction of sp³-hybridized carbons (Fsp3) is 0.200. The molecule has 20 heavy (non-hydrogen) atoms. The van der Waals surface area contributed by atoms with Gasteiger partial charge in [-0.1, -0.05) is 17.7 Å². The predicted octanol–water partition coefficient (Wildman–Crippen LogP) is 3.33. The summed E-state index contributed by atoms with van der Waals surface area (Å²) in [4.78, 5) is 0. The Balaban J connectivity index is 2.66. The Morgan fingerprint density at radius 1 is 1.15 bits per heavy atom. The molecule has 0 radical (unpaired) electrons. The highest BCUT2D eigenvalue weighted by molar-refractivity contribution is 6.32. The summed E-state index contributed by atoms with van der Waals surface area (Å²) in [6.07, 6.45) is 0. The summed E-state index contributed by atoms with van der Waals surface area (Å²) < 4.78 is 0. The summed E-state index contributed by atoms with van der Waals surface area (Å²) in [6, 6.07) is 9.02. The third-order valence-electron chi connectivity index (χ3n) is 3.31. The van der Waals surface area contributed by atoms with Gasteiger partial charge in [-0.15, -0.1) is 0 Å². The van der Waals surface area contributed by atoms with E-state index in [1.54, 1.807) is 26.0 Å². The van der Waals surface area contributed by atoms with Crippen LogP contribution in [0.5, 0.6) is 5.75 Å². The van der Waals surface area contributed by atoms with Crippen LogP contribution in [0.2, 0.25) is 5.02 Å². The van der Waals surface area contributed by atoms with Crippen LogP contribution >= 0.6 is 11.6 Å². The van der Waals surface area contributed by atoms with Gasteiger partial charge in [0.15, 0.2) is 0 Å². The molecule has 0 amide bonds. The van der Waals surface area contributed by atoms with E-state index in [0.29, 0.717) is 16.7 Å². The van der Waals surface area contributed by atoms with Gasteiger partial charge < -0.3 is 10.4 Å². The van der Waals surface area contributed by atoms with E-state index in [4.69, 9.17) is 11.6 Å². The lowest BCUT2D eigenvalue weighted by atomic mass is 9.81. The number of nitriles is 2. The average Bonchev–Trinajstić information content (AvgIpc) is 2.41. The quantitative estimate of drug-likeness (QED) is 0.829. The normalized spacial score (nSPS) is 15.7. The number of hydrogen-bond acceptors (Lipinski definition) is 4. The van der Waals surface area contributed by atoms with Gasteiger partial charge in [0, 0.05) is 11.4 Å². The number of phenolic OH excluding ortho intramolecular Hbond substituents is 1. The number of allylic oxidation sites excluding steroid dienone is 4. The number of nitrogens with zero attached hydrogens (tertiary/aromatic N) is 2. The number of rotatable bonds is 1. The van der Waals surface area contributed by atoms with E-state index in [2.05, 4.69) is 17.5 Å². The molecule has 0 spiro atoms. The van der Waals surface area contributed by atoms with Crippen LogP contribution in [0.1, 0.15) is 25.3 Å². The van der Waals surface area contributed by atoms with E-state index in [1.807, 2.05) is 0 Å². The van der Waals surface area contributed by atoms with E-state index in [-0.39, 0.29) is 10.8 Å². The van der Waals surface area contributed by atoms with Gasteiger partial charge in [0.2, 0.25) is 0 Å². The van der Waals surface area contributed by atoms with E-state index in [0.717, 1.165) is 11.4 Å². The summed E-state index contributed by atoms with van der Waals surface area (Å²) in [5.41, 5.74) is 3.11. The molecule has 100 valence electrons. The second kappa shape index (κ2) is 5.28. The summed E-state index contributed by atoms with van der Waals surface area (Å²) in [6.45, 7) is 3.59. The standard InChI is InChI=1S/C15H12ClN3O/c1-8-11(6-17)15(12(7-18)9(2)19-8)10-3-4-14(20)13(16)5-10/h3-5,15,19-20H,1-2H3. The van der Waals surface area contributed by atoms with Crippen molar-refractivity contribution < 1.29 is 5.11 Å². The Labute approximate surface area is 122 Å². The van der Waals surface area contributed by atoms with E-state index >= 15 is 0 Å². The van der Waals surface area contributed by atoms with Crippen LogP contribution in [0, 0.1) is 22.7 Å². The van der Waals surface area contributed by atoms with E-state index < -0.39 is 5.92 Å². The molecule has 0 bridgehead atoms.